The maximum atomic E-state index is 13.6. The minimum atomic E-state index is -1.63. The Labute approximate surface area is 115 Å². The summed E-state index contributed by atoms with van der Waals surface area (Å²) in [7, 11) is 1.34. The van der Waals surface area contributed by atoms with Gasteiger partial charge in [0.05, 0.1) is 20.3 Å². The molecule has 1 aliphatic rings. The third-order valence-electron chi connectivity index (χ3n) is 3.49. The fourth-order valence-electron chi connectivity index (χ4n) is 2.31. The molecule has 1 aromatic rings. The zero-order valence-corrected chi connectivity index (χ0v) is 11.0. The van der Waals surface area contributed by atoms with Crippen LogP contribution in [-0.2, 0) is 20.7 Å². The minimum Gasteiger partial charge on any atom is -0.494 e. The molecule has 108 valence electrons. The number of carbonyl (C=O) groups is 2. The number of methoxy groups -OCH3 is 1. The second-order valence-corrected chi connectivity index (χ2v) is 4.76. The molecule has 6 heteroatoms. The van der Waals surface area contributed by atoms with Crippen molar-refractivity contribution < 1.29 is 28.6 Å². The van der Waals surface area contributed by atoms with Crippen molar-refractivity contribution in [2.75, 3.05) is 20.3 Å². The molecule has 0 amide bonds. The molecule has 1 aliphatic heterocycles. The SMILES string of the molecule is COc1ccc(CC2(C(=O)O)COCCC2=O)cc1F. The number of hydrogen-bond donors (Lipinski definition) is 1. The van der Waals surface area contributed by atoms with E-state index < -0.39 is 17.2 Å². The van der Waals surface area contributed by atoms with Crippen molar-refractivity contribution in [2.45, 2.75) is 12.8 Å². The fraction of sp³-hybridized carbons (Fsp3) is 0.429. The van der Waals surface area contributed by atoms with Crippen LogP contribution in [0.5, 0.6) is 5.75 Å². The second-order valence-electron chi connectivity index (χ2n) is 4.76. The lowest BCUT2D eigenvalue weighted by molar-refractivity contribution is -0.164. The van der Waals surface area contributed by atoms with Gasteiger partial charge < -0.3 is 14.6 Å². The molecule has 0 aliphatic carbocycles. The van der Waals surface area contributed by atoms with Gasteiger partial charge in [-0.15, -0.1) is 0 Å². The molecular formula is C14H15FO5. The molecule has 0 bridgehead atoms. The molecule has 1 heterocycles. The molecule has 20 heavy (non-hydrogen) atoms. The lowest BCUT2D eigenvalue weighted by atomic mass is 9.76. The highest BCUT2D eigenvalue weighted by molar-refractivity contribution is 6.04. The van der Waals surface area contributed by atoms with Gasteiger partial charge in [0, 0.05) is 6.42 Å². The van der Waals surface area contributed by atoms with E-state index >= 15 is 0 Å². The Morgan fingerprint density at radius 1 is 1.55 bits per heavy atom. The number of ketones is 1. The van der Waals surface area contributed by atoms with Gasteiger partial charge in [-0.25, -0.2) is 4.39 Å². The highest BCUT2D eigenvalue weighted by atomic mass is 19.1. The van der Waals surface area contributed by atoms with E-state index in [2.05, 4.69) is 0 Å². The van der Waals surface area contributed by atoms with Crippen LogP contribution in [0.25, 0.3) is 0 Å². The van der Waals surface area contributed by atoms with E-state index in [9.17, 15) is 19.1 Å². The molecule has 0 aromatic heterocycles. The van der Waals surface area contributed by atoms with E-state index in [-0.39, 0.29) is 37.6 Å². The number of Topliss-reactive ketones (excluding diaryl/α,β-unsaturated/α-hetero) is 1. The highest BCUT2D eigenvalue weighted by Gasteiger charge is 2.48. The maximum absolute atomic E-state index is 13.6. The van der Waals surface area contributed by atoms with E-state index in [1.165, 1.54) is 19.2 Å². The minimum absolute atomic E-state index is 0.0605. The first-order valence-corrected chi connectivity index (χ1v) is 6.16. The van der Waals surface area contributed by atoms with E-state index in [4.69, 9.17) is 9.47 Å². The number of rotatable bonds is 4. The molecule has 0 spiro atoms. The molecular weight excluding hydrogens is 267 g/mol. The number of halogens is 1. The van der Waals surface area contributed by atoms with Crippen LogP contribution in [0.4, 0.5) is 4.39 Å². The normalized spacial score (nSPS) is 22.6. The maximum Gasteiger partial charge on any atom is 0.319 e. The van der Waals surface area contributed by atoms with Crippen molar-refractivity contribution in [2.24, 2.45) is 5.41 Å². The molecule has 2 rings (SSSR count). The molecule has 1 atom stereocenters. The summed E-state index contributed by atoms with van der Waals surface area (Å²) >= 11 is 0. The number of hydrogen-bond acceptors (Lipinski definition) is 4. The number of benzene rings is 1. The number of carboxylic acids is 1. The van der Waals surface area contributed by atoms with Crippen LogP contribution < -0.4 is 4.74 Å². The molecule has 1 unspecified atom stereocenters. The van der Waals surface area contributed by atoms with E-state index in [1.54, 1.807) is 6.07 Å². The lowest BCUT2D eigenvalue weighted by Gasteiger charge is -2.31. The van der Waals surface area contributed by atoms with Crippen LogP contribution in [0.2, 0.25) is 0 Å². The third-order valence-corrected chi connectivity index (χ3v) is 3.49. The summed E-state index contributed by atoms with van der Waals surface area (Å²) in [4.78, 5) is 23.5. The molecule has 0 saturated carbocycles. The predicted molar refractivity (Wildman–Crippen MR) is 67.2 cm³/mol. The molecule has 5 nitrogen and oxygen atoms in total. The zero-order chi connectivity index (χ0) is 14.8. The van der Waals surface area contributed by atoms with Gasteiger partial charge in [0.25, 0.3) is 0 Å². The Kier molecular flexibility index (Phi) is 4.04. The van der Waals surface area contributed by atoms with Gasteiger partial charge in [-0.3, -0.25) is 9.59 Å². The summed E-state index contributed by atoms with van der Waals surface area (Å²) in [6, 6.07) is 4.15. The molecule has 0 radical (unpaired) electrons. The first kappa shape index (κ1) is 14.5. The van der Waals surface area contributed by atoms with Gasteiger partial charge in [-0.2, -0.15) is 0 Å². The quantitative estimate of drug-likeness (QED) is 0.846. The largest absolute Gasteiger partial charge is 0.494 e. The Hall–Kier alpha value is -1.95. The van der Waals surface area contributed by atoms with Crippen LogP contribution in [-0.4, -0.2) is 37.2 Å². The first-order valence-electron chi connectivity index (χ1n) is 6.16. The van der Waals surface area contributed by atoms with Crippen molar-refractivity contribution in [1.29, 1.82) is 0 Å². The van der Waals surface area contributed by atoms with E-state index in [0.717, 1.165) is 0 Å². The van der Waals surface area contributed by atoms with Crippen LogP contribution in [0, 0.1) is 11.2 Å². The Morgan fingerprint density at radius 2 is 2.30 bits per heavy atom. The van der Waals surface area contributed by atoms with Crippen molar-refractivity contribution >= 4 is 11.8 Å². The lowest BCUT2D eigenvalue weighted by Crippen LogP contribution is -2.48. The van der Waals surface area contributed by atoms with Gasteiger partial charge in [-0.1, -0.05) is 6.07 Å². The van der Waals surface area contributed by atoms with Crippen LogP contribution in [0.1, 0.15) is 12.0 Å². The summed E-state index contributed by atoms with van der Waals surface area (Å²) in [5.74, 6) is -2.13. The first-order chi connectivity index (χ1) is 9.49. The predicted octanol–water partition coefficient (Wildman–Crippen LogP) is 1.44. The Morgan fingerprint density at radius 3 is 2.85 bits per heavy atom. The molecule has 1 N–H and O–H groups in total. The smallest absolute Gasteiger partial charge is 0.319 e. The van der Waals surface area contributed by atoms with Crippen molar-refractivity contribution in [1.82, 2.24) is 0 Å². The summed E-state index contributed by atoms with van der Waals surface area (Å²) < 4.78 is 23.6. The topological polar surface area (TPSA) is 72.8 Å². The number of carboxylic acid groups (broad SMARTS) is 1. The van der Waals surface area contributed by atoms with Crippen LogP contribution in [0.3, 0.4) is 0 Å². The third kappa shape index (κ3) is 2.51. The zero-order valence-electron chi connectivity index (χ0n) is 11.0. The number of aliphatic carboxylic acids is 1. The van der Waals surface area contributed by atoms with Crippen molar-refractivity contribution in [3.05, 3.63) is 29.6 Å². The highest BCUT2D eigenvalue weighted by Crippen LogP contribution is 2.31. The van der Waals surface area contributed by atoms with Gasteiger partial charge >= 0.3 is 5.97 Å². The second kappa shape index (κ2) is 5.58. The standard InChI is InChI=1S/C14H15FO5/c1-19-11-3-2-9(6-10(11)15)7-14(13(17)18)8-20-5-4-12(14)16/h2-3,6H,4-5,7-8H2,1H3,(H,17,18). The van der Waals surface area contributed by atoms with Gasteiger partial charge in [-0.05, 0) is 24.1 Å². The van der Waals surface area contributed by atoms with Crippen LogP contribution in [0.15, 0.2) is 18.2 Å². The van der Waals surface area contributed by atoms with E-state index in [0.29, 0.717) is 5.56 Å². The van der Waals surface area contributed by atoms with Gasteiger partial charge in [0.15, 0.2) is 22.8 Å². The average molecular weight is 282 g/mol. The molecule has 1 saturated heterocycles. The number of ether oxygens (including phenoxy) is 2. The fourth-order valence-corrected chi connectivity index (χ4v) is 2.31. The van der Waals surface area contributed by atoms with Gasteiger partial charge in [0.2, 0.25) is 0 Å². The van der Waals surface area contributed by atoms with Gasteiger partial charge in [0.1, 0.15) is 0 Å². The number of carbonyl (C=O) groups excluding carboxylic acids is 1. The van der Waals surface area contributed by atoms with Crippen molar-refractivity contribution in [3.63, 3.8) is 0 Å². The molecule has 1 aromatic carbocycles. The Bertz CT molecular complexity index is 542. The van der Waals surface area contributed by atoms with Crippen LogP contribution >= 0.6 is 0 Å². The van der Waals surface area contributed by atoms with E-state index in [1.807, 2.05) is 0 Å². The average Bonchev–Trinajstić information content (AvgIpc) is 2.41. The summed E-state index contributed by atoms with van der Waals surface area (Å²) in [6.45, 7) is 0.0413. The summed E-state index contributed by atoms with van der Waals surface area (Å²) in [5.41, 5.74) is -1.20. The molecule has 1 fully saturated rings. The Balaban J connectivity index is 2.31. The summed E-state index contributed by atoms with van der Waals surface area (Å²) in [6.07, 6.45) is -0.0347. The summed E-state index contributed by atoms with van der Waals surface area (Å²) in [5, 5.41) is 9.37. The monoisotopic (exact) mass is 282 g/mol. The van der Waals surface area contributed by atoms with Crippen molar-refractivity contribution in [3.8, 4) is 5.75 Å².